The van der Waals surface area contributed by atoms with E-state index < -0.39 is 0 Å². The van der Waals surface area contributed by atoms with Crippen LogP contribution in [0, 0.1) is 24.1 Å². The normalized spacial score (nSPS) is 9.96. The highest BCUT2D eigenvalue weighted by molar-refractivity contribution is 5.87. The van der Waals surface area contributed by atoms with Crippen LogP contribution in [0.4, 0.5) is 4.39 Å². The van der Waals surface area contributed by atoms with Crippen LogP contribution in [0.1, 0.15) is 11.3 Å². The Morgan fingerprint density at radius 3 is 2.32 bits per heavy atom. The molecule has 25 heavy (non-hydrogen) atoms. The van der Waals surface area contributed by atoms with Crippen molar-refractivity contribution in [1.29, 1.82) is 5.26 Å². The molecule has 4 nitrogen and oxygen atoms in total. The van der Waals surface area contributed by atoms with Gasteiger partial charge >= 0.3 is 0 Å². The van der Waals surface area contributed by atoms with E-state index >= 15 is 0 Å². The molecule has 3 aromatic heterocycles. The van der Waals surface area contributed by atoms with E-state index in [1.807, 2.05) is 25.1 Å². The number of aromatic amines is 1. The maximum Gasteiger partial charge on any atom is 0.141 e. The summed E-state index contributed by atoms with van der Waals surface area (Å²) in [6.07, 6.45) is 3.52. The van der Waals surface area contributed by atoms with Gasteiger partial charge in [0.25, 0.3) is 0 Å². The Kier molecular flexibility index (Phi) is 4.82. The molecule has 0 saturated carbocycles. The molecular formula is C20H15FN4. The van der Waals surface area contributed by atoms with E-state index in [4.69, 9.17) is 5.26 Å². The van der Waals surface area contributed by atoms with E-state index in [-0.39, 0.29) is 5.82 Å². The number of pyridine rings is 2. The van der Waals surface area contributed by atoms with Gasteiger partial charge < -0.3 is 4.98 Å². The van der Waals surface area contributed by atoms with E-state index in [0.717, 1.165) is 27.9 Å². The minimum atomic E-state index is -0.178. The summed E-state index contributed by atoms with van der Waals surface area (Å²) in [6.45, 7) is 2.00. The van der Waals surface area contributed by atoms with Gasteiger partial charge in [-0.25, -0.2) is 9.37 Å². The monoisotopic (exact) mass is 330 g/mol. The lowest BCUT2D eigenvalue weighted by atomic mass is 10.1. The molecule has 0 saturated heterocycles. The fourth-order valence-electron chi connectivity index (χ4n) is 2.48. The maximum absolute atomic E-state index is 11.9. The van der Waals surface area contributed by atoms with Crippen LogP contribution in [0.15, 0.2) is 67.0 Å². The van der Waals surface area contributed by atoms with Gasteiger partial charge in [-0.1, -0.05) is 18.2 Å². The number of rotatable bonds is 1. The average Bonchev–Trinajstić information content (AvgIpc) is 3.00. The van der Waals surface area contributed by atoms with Gasteiger partial charge in [0.15, 0.2) is 0 Å². The zero-order valence-electron chi connectivity index (χ0n) is 13.6. The smallest absolute Gasteiger partial charge is 0.141 e. The molecule has 0 atom stereocenters. The van der Waals surface area contributed by atoms with Gasteiger partial charge in [0, 0.05) is 23.5 Å². The van der Waals surface area contributed by atoms with Crippen LogP contribution in [-0.2, 0) is 0 Å². The van der Waals surface area contributed by atoms with E-state index in [2.05, 4.69) is 21.0 Å². The Morgan fingerprint density at radius 2 is 1.72 bits per heavy atom. The standard InChI is InChI=1S/C14H10N4.C6H5F/c1-9-13(10-4-6-16-7-5-10)18-12-3-2-11(8-15)17-14(9)12;7-6-4-2-1-3-5-6/h2-7,18H,1H3;1-5H. The predicted octanol–water partition coefficient (Wildman–Crippen LogP) is 4.63. The number of aryl methyl sites for hydroxylation is 1. The summed E-state index contributed by atoms with van der Waals surface area (Å²) in [5.74, 6) is -0.178. The third-order valence-electron chi connectivity index (χ3n) is 3.70. The van der Waals surface area contributed by atoms with Crippen molar-refractivity contribution in [3.63, 3.8) is 0 Å². The predicted molar refractivity (Wildman–Crippen MR) is 95.2 cm³/mol. The van der Waals surface area contributed by atoms with E-state index in [0.29, 0.717) is 5.69 Å². The van der Waals surface area contributed by atoms with Gasteiger partial charge in [-0.05, 0) is 43.3 Å². The quantitative estimate of drug-likeness (QED) is 0.553. The topological polar surface area (TPSA) is 65.4 Å². The highest BCUT2D eigenvalue weighted by atomic mass is 19.1. The van der Waals surface area contributed by atoms with E-state index in [1.54, 1.807) is 36.7 Å². The maximum atomic E-state index is 11.9. The zero-order valence-corrected chi connectivity index (χ0v) is 13.6. The minimum Gasteiger partial charge on any atom is -0.353 e. The minimum absolute atomic E-state index is 0.178. The molecule has 4 aromatic rings. The molecule has 0 aliphatic carbocycles. The molecule has 1 aromatic carbocycles. The molecule has 0 radical (unpaired) electrons. The number of H-pyrrole nitrogens is 1. The average molecular weight is 330 g/mol. The lowest BCUT2D eigenvalue weighted by Gasteiger charge is -1.98. The lowest BCUT2D eigenvalue weighted by Crippen LogP contribution is -1.83. The third-order valence-corrected chi connectivity index (χ3v) is 3.70. The van der Waals surface area contributed by atoms with Crippen molar-refractivity contribution < 1.29 is 4.39 Å². The summed E-state index contributed by atoms with van der Waals surface area (Å²) in [6, 6.07) is 17.5. The second-order valence-electron chi connectivity index (χ2n) is 5.36. The molecule has 122 valence electrons. The summed E-state index contributed by atoms with van der Waals surface area (Å²) in [4.78, 5) is 11.7. The van der Waals surface area contributed by atoms with Crippen LogP contribution in [-0.4, -0.2) is 15.0 Å². The van der Waals surface area contributed by atoms with Crippen LogP contribution in [0.25, 0.3) is 22.3 Å². The number of halogens is 1. The number of hydrogen-bond acceptors (Lipinski definition) is 3. The second kappa shape index (κ2) is 7.37. The molecule has 0 amide bonds. The van der Waals surface area contributed by atoms with Crippen molar-refractivity contribution in [2.24, 2.45) is 0 Å². The Bertz CT molecular complexity index is 1020. The summed E-state index contributed by atoms with van der Waals surface area (Å²) < 4.78 is 11.9. The fraction of sp³-hybridized carbons (Fsp3) is 0.0500. The summed E-state index contributed by atoms with van der Waals surface area (Å²) >= 11 is 0. The second-order valence-corrected chi connectivity index (χ2v) is 5.36. The van der Waals surface area contributed by atoms with Crippen LogP contribution in [0.5, 0.6) is 0 Å². The van der Waals surface area contributed by atoms with E-state index in [1.165, 1.54) is 12.1 Å². The van der Waals surface area contributed by atoms with Gasteiger partial charge in [-0.2, -0.15) is 5.26 Å². The third kappa shape index (κ3) is 3.70. The van der Waals surface area contributed by atoms with Gasteiger partial charge in [0.1, 0.15) is 17.6 Å². The van der Waals surface area contributed by atoms with Crippen LogP contribution in [0.3, 0.4) is 0 Å². The largest absolute Gasteiger partial charge is 0.353 e. The number of hydrogen-bond donors (Lipinski definition) is 1. The van der Waals surface area contributed by atoms with Crippen molar-refractivity contribution in [3.05, 3.63) is 84.1 Å². The molecule has 0 unspecified atom stereocenters. The van der Waals surface area contributed by atoms with Crippen LogP contribution < -0.4 is 0 Å². The molecule has 0 aliphatic rings. The summed E-state index contributed by atoms with van der Waals surface area (Å²) in [5.41, 5.74) is 5.37. The Morgan fingerprint density at radius 1 is 1.00 bits per heavy atom. The number of nitrogens with one attached hydrogen (secondary N) is 1. The van der Waals surface area contributed by atoms with Crippen LogP contribution >= 0.6 is 0 Å². The Labute approximate surface area is 144 Å². The molecular weight excluding hydrogens is 315 g/mol. The molecule has 3 heterocycles. The number of nitriles is 1. The van der Waals surface area contributed by atoms with Gasteiger partial charge in [0.05, 0.1) is 16.7 Å². The zero-order chi connectivity index (χ0) is 17.6. The first-order valence-electron chi connectivity index (χ1n) is 7.69. The molecule has 5 heteroatoms. The molecule has 0 spiro atoms. The molecule has 0 fully saturated rings. The van der Waals surface area contributed by atoms with Crippen molar-refractivity contribution in [2.75, 3.05) is 0 Å². The van der Waals surface area contributed by atoms with Crippen molar-refractivity contribution in [3.8, 4) is 17.3 Å². The number of aromatic nitrogens is 3. The summed E-state index contributed by atoms with van der Waals surface area (Å²) in [7, 11) is 0. The molecule has 4 rings (SSSR count). The van der Waals surface area contributed by atoms with Crippen molar-refractivity contribution >= 4 is 11.0 Å². The SMILES string of the molecule is Cc1c(-c2ccncc2)[nH]c2ccc(C#N)nc12.Fc1ccccc1. The first-order valence-corrected chi connectivity index (χ1v) is 7.69. The number of nitrogens with zero attached hydrogens (tertiary/aromatic N) is 3. The molecule has 1 N–H and O–H groups in total. The van der Waals surface area contributed by atoms with Crippen molar-refractivity contribution in [2.45, 2.75) is 6.92 Å². The van der Waals surface area contributed by atoms with Gasteiger partial charge in [-0.15, -0.1) is 0 Å². The molecule has 0 bridgehead atoms. The van der Waals surface area contributed by atoms with E-state index in [9.17, 15) is 4.39 Å². The summed E-state index contributed by atoms with van der Waals surface area (Å²) in [5, 5.41) is 8.88. The van der Waals surface area contributed by atoms with Crippen molar-refractivity contribution in [1.82, 2.24) is 15.0 Å². The highest BCUT2D eigenvalue weighted by Crippen LogP contribution is 2.28. The Balaban J connectivity index is 0.000000219. The fourth-order valence-corrected chi connectivity index (χ4v) is 2.48. The van der Waals surface area contributed by atoms with Gasteiger partial charge in [0.2, 0.25) is 0 Å². The highest BCUT2D eigenvalue weighted by Gasteiger charge is 2.10. The van der Waals surface area contributed by atoms with Gasteiger partial charge in [-0.3, -0.25) is 4.98 Å². The number of fused-ring (bicyclic) bond motifs is 1. The first-order chi connectivity index (χ1) is 12.2. The number of benzene rings is 1. The lowest BCUT2D eigenvalue weighted by molar-refractivity contribution is 0.628. The molecule has 0 aliphatic heterocycles. The van der Waals surface area contributed by atoms with Crippen LogP contribution in [0.2, 0.25) is 0 Å². The first kappa shape index (κ1) is 16.3. The Hall–Kier alpha value is -3.52.